The second kappa shape index (κ2) is 46.8. The van der Waals surface area contributed by atoms with Crippen LogP contribution < -0.4 is 49.5 Å². The molecule has 19 rings (SSSR count). The fourth-order valence-electron chi connectivity index (χ4n) is 18.9. The number of rotatable bonds is 26. The zero-order valence-electron chi connectivity index (χ0n) is 83.9. The highest BCUT2D eigenvalue weighted by atomic mass is 127. The number of pyridine rings is 1. The molecular formula is C113H120ClIN24O8S. The summed E-state index contributed by atoms with van der Waals surface area (Å²) in [7, 11) is 8.95. The number of morpholine rings is 1. The van der Waals surface area contributed by atoms with Gasteiger partial charge in [-0.25, -0.2) is 39.4 Å². The summed E-state index contributed by atoms with van der Waals surface area (Å²) in [6.07, 6.45) is 15.5. The highest BCUT2D eigenvalue weighted by Crippen LogP contribution is 2.51. The molecule has 1 aliphatic carbocycles. The fraction of sp³-hybridized carbons (Fsp3) is 0.283. The van der Waals surface area contributed by atoms with E-state index in [1.807, 2.05) is 288 Å². The smallest absolute Gasteiger partial charge is 0.319 e. The number of halogens is 2. The Hall–Kier alpha value is -15.7. The molecule has 1 saturated carbocycles. The van der Waals surface area contributed by atoms with Crippen LogP contribution in [-0.2, 0) is 62.9 Å². The van der Waals surface area contributed by atoms with Crippen LogP contribution in [0.25, 0.3) is 27.9 Å². The molecule has 13 N–H and O–H groups in total. The third-order valence-corrected chi connectivity index (χ3v) is 29.5. The second-order valence-electron chi connectivity index (χ2n) is 37.6. The van der Waals surface area contributed by atoms with Gasteiger partial charge in [0.15, 0.2) is 46.4 Å². The maximum atomic E-state index is 13.7. The monoisotopic (exact) mass is 2130 g/mol. The maximum absolute atomic E-state index is 13.7. The van der Waals surface area contributed by atoms with E-state index < -0.39 is 33.6 Å². The Labute approximate surface area is 884 Å². The van der Waals surface area contributed by atoms with Gasteiger partial charge in [0.2, 0.25) is 11.8 Å². The Morgan fingerprint density at radius 1 is 0.574 bits per heavy atom. The predicted molar refractivity (Wildman–Crippen MR) is 589 cm³/mol. The van der Waals surface area contributed by atoms with Crippen molar-refractivity contribution in [3.8, 4) is 46.4 Å². The number of ether oxygens (including phenoxy) is 1. The van der Waals surface area contributed by atoms with Crippen LogP contribution in [0.15, 0.2) is 304 Å². The Morgan fingerprint density at radius 3 is 1.71 bits per heavy atom. The number of hydrogen-bond acceptors (Lipinski definition) is 24. The first-order valence-corrected chi connectivity index (χ1v) is 51.0. The molecular weight excluding hydrogens is 2020 g/mol. The summed E-state index contributed by atoms with van der Waals surface area (Å²) in [4.78, 5) is 131. The fourth-order valence-corrected chi connectivity index (χ4v) is 20.7. The van der Waals surface area contributed by atoms with Gasteiger partial charge in [-0.15, -0.1) is 23.7 Å². The van der Waals surface area contributed by atoms with Crippen molar-refractivity contribution in [1.82, 2.24) is 54.8 Å². The number of carbonyl (C=O) groups is 7. The van der Waals surface area contributed by atoms with Crippen molar-refractivity contribution in [3.63, 3.8) is 0 Å². The molecule has 2 fully saturated rings. The standard InChI is InChI=1S/C28H29ClN6O3.C27H29N5O2.C20H18N4OS.C20H24N4O.C18H20IN5O/c1-28(26(37)34(2)27(30)33-28)21-5-3-4-18(14-21)23-15-22(29)8-6-19(23)16-32-25(36)20-7-9-24(31-17-20)35-10-12-38-13-11-35;1-20-12-8-9-17-23(20)30-26(34)29-18-10-11-19-32-24(33)27(31-25(32)28,21-13-4-2-5-14-21)22-15-6-3-7-16-22;1-4-6-16-18(25)24(3)19(22)23-20(16,2)17-10-15(12-26-17)14-8-5-7-13(9-14)11-21;1-23(2)14-9-15-24-18(25)20(22-19(24)21,16-10-5-3-6-11-16)17-12-7-4-8-13-17;1-18(15(11-6-7-11)16(25)23(2)17(20)22-18)12-9-21-24(10-12)14-5-3-4-13(19)8-14/h3-9,14-15,17H,10-13,16H2,1-2H3,(H2,30,33)(H,32,36);2-9,12-17H,10-11,18-19H2,1H3,(H2,28,31)(H2,29,30,34);1,5,7-10,12,16H,6H2,2-3H3,(H2,22,23);3-8,10-13H,9,14-15H2,1-2H3,(H2,21,22);3-5,8-11,15H,6-7H2,1-2H3,(H2,20,22)/t;;16?,20-;;15-,18+/m..0.0/s1. The number of benzene rings is 9. The van der Waals surface area contributed by atoms with Crippen molar-refractivity contribution >= 4 is 128 Å². The van der Waals surface area contributed by atoms with Crippen LogP contribution in [0.2, 0.25) is 5.02 Å². The lowest BCUT2D eigenvalue weighted by atomic mass is 9.76. The van der Waals surface area contributed by atoms with Crippen LogP contribution in [0, 0.1) is 51.9 Å². The number of nitriles is 1. The Morgan fingerprint density at radius 2 is 1.14 bits per heavy atom. The normalized spacial score (nSPS) is 19.6. The molecule has 2 unspecified atom stereocenters. The van der Waals surface area contributed by atoms with Crippen LogP contribution >= 0.6 is 45.5 Å². The topological polar surface area (TPSA) is 434 Å². The molecule has 1 saturated heterocycles. The number of nitrogens with two attached hydrogens (primary N) is 5. The van der Waals surface area contributed by atoms with Gasteiger partial charge in [0.05, 0.1) is 54.1 Å². The number of aliphatic imine (C=N–C) groups is 5. The molecule has 6 aliphatic heterocycles. The number of hydrogen-bond donors (Lipinski definition) is 8. The number of nitrogens with zero attached hydrogens (tertiary/aromatic N) is 16. The van der Waals surface area contributed by atoms with E-state index in [4.69, 9.17) is 66.7 Å². The van der Waals surface area contributed by atoms with Gasteiger partial charge in [0, 0.05) is 104 Å². The van der Waals surface area contributed by atoms with E-state index in [1.165, 1.54) is 26.0 Å². The molecule has 32 nitrogen and oxygen atoms in total. The quantitative estimate of drug-likeness (QED) is 0.0142. The van der Waals surface area contributed by atoms with Crippen molar-refractivity contribution < 1.29 is 38.3 Å². The molecule has 760 valence electrons. The zero-order valence-corrected chi connectivity index (χ0v) is 87.7. The first-order valence-electron chi connectivity index (χ1n) is 48.7. The molecule has 5 atom stereocenters. The minimum atomic E-state index is -1.18. The molecule has 3 aromatic heterocycles. The minimum Gasteiger partial charge on any atom is -0.378 e. The van der Waals surface area contributed by atoms with E-state index in [-0.39, 0.29) is 90.2 Å². The summed E-state index contributed by atoms with van der Waals surface area (Å²) < 4.78 is 8.37. The number of para-hydroxylation sites is 1. The number of amides is 8. The Bertz CT molecular complexity index is 7050. The van der Waals surface area contributed by atoms with Gasteiger partial charge in [-0.3, -0.25) is 53.3 Å². The SMILES string of the molecule is C#CCC1C(=O)N(C)C(N)=N[C@]1(C)c1cc(-c2cccc(C#N)c2)cs1.CN(C)CCCN1C(=O)C(c2ccccc2)(c2ccccc2)N=C1N.CN1C(=O)C(C)(c2cccc(-c3cc(Cl)ccc3CNC(=O)c3ccc(N4CCOCC4)nc3)c2)N=C1N.CN1C(=O)[C@H](C2CC2)[C@@](C)(c2cnn(-c3cccc(I)c3)c2)N=C1N.Cc1ccccc1NC(=O)NCCCCN1C(=O)C(c2ccccc2)(c2ccccc2)N=C1N. The number of nitrogens with one attached hydrogen (secondary N) is 3. The number of thiophene rings is 1. The molecule has 9 aromatic carbocycles. The highest BCUT2D eigenvalue weighted by Gasteiger charge is 2.56. The van der Waals surface area contributed by atoms with E-state index in [2.05, 4.69) is 91.5 Å². The van der Waals surface area contributed by atoms with Crippen molar-refractivity contribution in [2.75, 3.05) is 97.9 Å². The molecule has 8 amide bonds. The molecule has 0 bridgehead atoms. The molecule has 7 aliphatic rings. The number of anilines is 2. The number of terminal acetylenes is 1. The van der Waals surface area contributed by atoms with Gasteiger partial charge in [-0.05, 0) is 248 Å². The lowest BCUT2D eigenvalue weighted by Gasteiger charge is -2.40. The summed E-state index contributed by atoms with van der Waals surface area (Å²) >= 11 is 10.1. The van der Waals surface area contributed by atoms with Gasteiger partial charge >= 0.3 is 6.03 Å². The first-order chi connectivity index (χ1) is 71.1. The average Bonchev–Trinajstić information content (AvgIpc) is 1.58. The van der Waals surface area contributed by atoms with Crippen molar-refractivity contribution in [3.05, 3.63) is 348 Å². The molecule has 9 heterocycles. The summed E-state index contributed by atoms with van der Waals surface area (Å²) in [5, 5.41) is 24.9. The minimum absolute atomic E-state index is 0.0551. The number of guanidine groups is 5. The van der Waals surface area contributed by atoms with Crippen LogP contribution in [0.5, 0.6) is 0 Å². The largest absolute Gasteiger partial charge is 0.378 e. The molecule has 148 heavy (non-hydrogen) atoms. The molecule has 0 spiro atoms. The van der Waals surface area contributed by atoms with Crippen molar-refractivity contribution in [1.29, 1.82) is 5.26 Å². The van der Waals surface area contributed by atoms with Crippen LogP contribution in [-0.4, -0.2) is 203 Å². The van der Waals surface area contributed by atoms with Gasteiger partial charge in [-0.1, -0.05) is 194 Å². The van der Waals surface area contributed by atoms with Crippen molar-refractivity contribution in [2.45, 2.75) is 100 Å². The summed E-state index contributed by atoms with van der Waals surface area (Å²) in [6, 6.07) is 82.1. The Kier molecular flexibility index (Phi) is 33.7. The molecule has 35 heteroatoms. The number of carbonyl (C=O) groups excluding carboxylic acids is 7. The zero-order chi connectivity index (χ0) is 105. The molecule has 0 radical (unpaired) electrons. The third-order valence-electron chi connectivity index (χ3n) is 27.4. The lowest BCUT2D eigenvalue weighted by Crippen LogP contribution is -2.54. The molecule has 12 aromatic rings. The summed E-state index contributed by atoms with van der Waals surface area (Å²) in [5.41, 5.74) is 38.7. The van der Waals surface area contributed by atoms with E-state index >= 15 is 0 Å². The highest BCUT2D eigenvalue weighted by molar-refractivity contribution is 14.1. The van der Waals surface area contributed by atoms with Crippen LogP contribution in [0.3, 0.4) is 0 Å². The van der Waals surface area contributed by atoms with Crippen LogP contribution in [0.1, 0.15) is 125 Å². The van der Waals surface area contributed by atoms with Gasteiger partial charge < -0.3 is 59.2 Å². The van der Waals surface area contributed by atoms with Gasteiger partial charge in [0.25, 0.3) is 23.6 Å². The summed E-state index contributed by atoms with van der Waals surface area (Å²) in [5.74, 6) is 3.55. The summed E-state index contributed by atoms with van der Waals surface area (Å²) in [6.45, 7) is 13.1. The lowest BCUT2D eigenvalue weighted by molar-refractivity contribution is -0.135. The second-order valence-corrected chi connectivity index (χ2v) is 40.2. The average molecular weight is 2140 g/mol. The van der Waals surface area contributed by atoms with Gasteiger partial charge in [0.1, 0.15) is 16.9 Å². The van der Waals surface area contributed by atoms with E-state index in [0.717, 1.165) is 126 Å². The van der Waals surface area contributed by atoms with E-state index in [9.17, 15) is 33.6 Å². The number of aryl methyl sites for hydroxylation is 1. The van der Waals surface area contributed by atoms with Crippen molar-refractivity contribution in [2.24, 2.45) is 71.4 Å². The first kappa shape index (κ1) is 107. The Balaban J connectivity index is 0.000000140. The predicted octanol–water partition coefficient (Wildman–Crippen LogP) is 14.6. The van der Waals surface area contributed by atoms with E-state index in [0.29, 0.717) is 73.3 Å². The number of unbranched alkanes of at least 4 members (excludes halogenated alkanes) is 1. The maximum Gasteiger partial charge on any atom is 0.319 e. The number of aromatic nitrogens is 3. The van der Waals surface area contributed by atoms with Crippen LogP contribution in [0.4, 0.5) is 16.3 Å². The number of likely N-dealkylation sites (N-methyl/N-ethyl adjacent to an activating group) is 1. The number of urea groups is 1. The van der Waals surface area contributed by atoms with Gasteiger partial charge in [-0.2, -0.15) is 10.4 Å². The van der Waals surface area contributed by atoms with E-state index in [1.54, 1.807) is 62.3 Å². The third kappa shape index (κ3) is 23.2.